The molecule has 20 nitrogen and oxygen atoms in total. The molecule has 2 heterocycles. The molecule has 1 fully saturated rings. The smallest absolute Gasteiger partial charge is 0.462 e. The average Bonchev–Trinajstić information content (AvgIpc) is 3.64. The molecule has 2 unspecified atom stereocenters. The molecule has 2 rings (SSSR count). The number of aromatic nitrogens is 2. The molecule has 1 aromatic heterocycles. The van der Waals surface area contributed by atoms with Gasteiger partial charge in [0.15, 0.2) is 12.3 Å². The standard InChI is InChI=1S/C54H89N3O17P2/c1-4-5-24-32-44(58)34-27-22-23-28-35-45(59)33-26-19-16-17-20-29-36-49(60)69-40-46(72-50(61)37-30-21-15-13-11-9-7-6-8-10-12-14-18-25-31-43(2)3)41-70-75(65,66)74-76(67,68)71-42-47-51(62)52(63)53(73-47)57-39-38-48(55)56-54(57)64/h5,17,19-20,22-24,26-28,34-35,38-39,43-47,51-53,58-59,62-63H,4,6-16,18,21,25,29-33,36-37,40-42H2,1-3H3,(H,65,66)(H,67,68)(H2,55,56,64)/b20-17-,23-22-,24-5-,26-19-,34-27+,35-28+/t44-,45+,46-,47-,51-,52-,53-/m1/s1. The van der Waals surface area contributed by atoms with Gasteiger partial charge in [0, 0.05) is 19.0 Å². The molecule has 22 heteroatoms. The lowest BCUT2D eigenvalue weighted by atomic mass is 10.0. The summed E-state index contributed by atoms with van der Waals surface area (Å²) >= 11 is 0. The van der Waals surface area contributed by atoms with Gasteiger partial charge >= 0.3 is 33.3 Å². The number of hydrogen-bond donors (Lipinski definition) is 7. The summed E-state index contributed by atoms with van der Waals surface area (Å²) in [5.41, 5.74) is 4.58. The zero-order valence-corrected chi connectivity index (χ0v) is 46.7. The number of nitrogens with zero attached hydrogens (tertiary/aromatic N) is 2. The van der Waals surface area contributed by atoms with Crippen molar-refractivity contribution >= 4 is 33.4 Å². The van der Waals surface area contributed by atoms with Gasteiger partial charge in [0.2, 0.25) is 0 Å². The van der Waals surface area contributed by atoms with Crippen molar-refractivity contribution in [3.05, 3.63) is 95.7 Å². The number of allylic oxidation sites excluding steroid dienone is 8. The monoisotopic (exact) mass is 1110 g/mol. The molecule has 0 aliphatic carbocycles. The number of carbonyl (C=O) groups is 2. The Bertz CT molecular complexity index is 2110. The maximum absolute atomic E-state index is 12.9. The number of anilines is 1. The van der Waals surface area contributed by atoms with Crippen LogP contribution in [0.15, 0.2) is 90.0 Å². The van der Waals surface area contributed by atoms with Gasteiger partial charge in [-0.05, 0) is 50.5 Å². The molecule has 432 valence electrons. The molecule has 9 atom stereocenters. The molecule has 1 saturated heterocycles. The molecule has 0 radical (unpaired) electrons. The lowest BCUT2D eigenvalue weighted by Crippen LogP contribution is -2.36. The maximum Gasteiger partial charge on any atom is 0.481 e. The lowest BCUT2D eigenvalue weighted by molar-refractivity contribution is -0.161. The van der Waals surface area contributed by atoms with Gasteiger partial charge in [-0.25, -0.2) is 13.9 Å². The number of nitrogen functional groups attached to an aromatic ring is 1. The number of phosphoric ester groups is 2. The summed E-state index contributed by atoms with van der Waals surface area (Å²) in [7, 11) is -10.9. The summed E-state index contributed by atoms with van der Waals surface area (Å²) in [4.78, 5) is 62.0. The van der Waals surface area contributed by atoms with Crippen molar-refractivity contribution in [2.45, 2.75) is 205 Å². The van der Waals surface area contributed by atoms with Crippen LogP contribution in [0.5, 0.6) is 0 Å². The second-order valence-corrected chi connectivity index (χ2v) is 22.3. The Morgan fingerprint density at radius 2 is 1.29 bits per heavy atom. The number of nitrogens with two attached hydrogens (primary N) is 1. The van der Waals surface area contributed by atoms with E-state index in [0.717, 1.165) is 48.8 Å². The summed E-state index contributed by atoms with van der Waals surface area (Å²) in [5, 5.41) is 41.0. The van der Waals surface area contributed by atoms with Crippen molar-refractivity contribution in [2.24, 2.45) is 5.92 Å². The first-order chi connectivity index (χ1) is 36.3. The van der Waals surface area contributed by atoms with Gasteiger partial charge in [-0.1, -0.05) is 184 Å². The predicted molar refractivity (Wildman–Crippen MR) is 291 cm³/mol. The molecule has 0 amide bonds. The van der Waals surface area contributed by atoms with Crippen LogP contribution < -0.4 is 11.4 Å². The van der Waals surface area contributed by atoms with E-state index < -0.39 is 95.9 Å². The minimum atomic E-state index is -5.46. The molecule has 1 aliphatic heterocycles. The largest absolute Gasteiger partial charge is 0.481 e. The van der Waals surface area contributed by atoms with Crippen LogP contribution in [0, 0.1) is 5.92 Å². The van der Waals surface area contributed by atoms with Crippen molar-refractivity contribution in [1.29, 1.82) is 0 Å². The van der Waals surface area contributed by atoms with Gasteiger partial charge in [-0.2, -0.15) is 9.29 Å². The Labute approximate surface area is 450 Å². The summed E-state index contributed by atoms with van der Waals surface area (Å²) in [6, 6.07) is 1.24. The number of rotatable bonds is 43. The van der Waals surface area contributed by atoms with Crippen LogP contribution in [0.2, 0.25) is 0 Å². The van der Waals surface area contributed by atoms with E-state index in [1.807, 2.05) is 37.3 Å². The molecule has 8 N–H and O–H groups in total. The van der Waals surface area contributed by atoms with E-state index >= 15 is 0 Å². The fourth-order valence-corrected chi connectivity index (χ4v) is 9.81. The molecular formula is C54H89N3O17P2. The highest BCUT2D eigenvalue weighted by Crippen LogP contribution is 2.60. The quantitative estimate of drug-likeness (QED) is 0.0105. The summed E-state index contributed by atoms with van der Waals surface area (Å²) < 4.78 is 56.7. The lowest BCUT2D eigenvalue weighted by Gasteiger charge is -2.21. The fraction of sp³-hybridized carbons (Fsp3) is 0.667. The maximum atomic E-state index is 12.9. The van der Waals surface area contributed by atoms with Crippen molar-refractivity contribution in [3.8, 4) is 0 Å². The van der Waals surface area contributed by atoms with Gasteiger partial charge in [0.25, 0.3) is 0 Å². The molecule has 1 aliphatic rings. The summed E-state index contributed by atoms with van der Waals surface area (Å²) in [6.45, 7) is 4.12. The number of ether oxygens (including phenoxy) is 3. The van der Waals surface area contributed by atoms with Gasteiger partial charge in [-0.15, -0.1) is 0 Å². The molecule has 0 spiro atoms. The third-order valence-electron chi connectivity index (χ3n) is 11.9. The number of carbonyl (C=O) groups excluding carboxylic acids is 2. The Balaban J connectivity index is 1.84. The second-order valence-electron chi connectivity index (χ2n) is 19.2. The minimum Gasteiger partial charge on any atom is -0.462 e. The number of aliphatic hydroxyl groups excluding tert-OH is 4. The van der Waals surface area contributed by atoms with Crippen LogP contribution in [0.3, 0.4) is 0 Å². The first-order valence-electron chi connectivity index (χ1n) is 27.0. The Kier molecular flexibility index (Phi) is 36.2. The number of unbranched alkanes of at least 4 members (excludes halogenated alkanes) is 13. The van der Waals surface area contributed by atoms with E-state index in [1.54, 1.807) is 42.5 Å². The topological polar surface area (TPSA) is 306 Å². The van der Waals surface area contributed by atoms with Crippen molar-refractivity contribution in [3.63, 3.8) is 0 Å². The Morgan fingerprint density at radius 1 is 0.737 bits per heavy atom. The Hall–Kier alpha value is -3.88. The van der Waals surface area contributed by atoms with Crippen LogP contribution >= 0.6 is 15.6 Å². The second kappa shape index (κ2) is 40.3. The number of aliphatic hydroxyl groups is 4. The van der Waals surface area contributed by atoms with E-state index in [4.69, 9.17) is 29.0 Å². The van der Waals surface area contributed by atoms with Crippen molar-refractivity contribution in [1.82, 2.24) is 9.55 Å². The van der Waals surface area contributed by atoms with Crippen molar-refractivity contribution in [2.75, 3.05) is 25.6 Å². The van der Waals surface area contributed by atoms with Gasteiger partial charge < -0.3 is 50.2 Å². The van der Waals surface area contributed by atoms with Gasteiger partial charge in [0.1, 0.15) is 30.7 Å². The van der Waals surface area contributed by atoms with Crippen molar-refractivity contribution < 1.29 is 76.5 Å². The van der Waals surface area contributed by atoms with E-state index in [-0.39, 0.29) is 18.7 Å². The first-order valence-corrected chi connectivity index (χ1v) is 30.0. The first kappa shape index (κ1) is 68.2. The molecular weight excluding hydrogens is 1020 g/mol. The van der Waals surface area contributed by atoms with Crippen LogP contribution in [-0.4, -0.2) is 108 Å². The number of esters is 2. The van der Waals surface area contributed by atoms with E-state index in [9.17, 15) is 53.7 Å². The fourth-order valence-electron chi connectivity index (χ4n) is 7.70. The van der Waals surface area contributed by atoms with E-state index in [1.165, 1.54) is 70.3 Å². The Morgan fingerprint density at radius 3 is 1.87 bits per heavy atom. The van der Waals surface area contributed by atoms with Crippen LogP contribution in [0.25, 0.3) is 0 Å². The number of hydrogen-bond acceptors (Lipinski definition) is 17. The number of phosphoric acid groups is 2. The zero-order valence-electron chi connectivity index (χ0n) is 44.9. The predicted octanol–water partition coefficient (Wildman–Crippen LogP) is 9.47. The zero-order chi connectivity index (χ0) is 56.0. The molecule has 76 heavy (non-hydrogen) atoms. The average molecular weight is 1110 g/mol. The van der Waals surface area contributed by atoms with Crippen LogP contribution in [0.1, 0.15) is 168 Å². The summed E-state index contributed by atoms with van der Waals surface area (Å²) in [5.74, 6) is -0.693. The third-order valence-corrected chi connectivity index (χ3v) is 14.5. The van der Waals surface area contributed by atoms with Crippen LogP contribution in [-0.2, 0) is 46.3 Å². The normalized spacial score (nSPS) is 20.2. The SMILES string of the molecule is CC/C=C\C[C@@H](O)/C=C/C=C\C=C\[C@@H](O)C/C=C\C/C=C\CCC(=O)OC[C@H](COP(=O)(O)OP(=O)(O)OC[C@H]1O[C@@H](n2ccc(N)nc2=O)[C@H](O)[C@@H]1O)OC(=O)CCCCCCCCCCCCCCCCC(C)C. The highest BCUT2D eigenvalue weighted by Gasteiger charge is 2.46. The molecule has 0 aromatic carbocycles. The molecule has 0 saturated carbocycles. The summed E-state index contributed by atoms with van der Waals surface area (Å²) in [6.07, 6.45) is 33.4. The van der Waals surface area contributed by atoms with E-state index in [0.29, 0.717) is 32.1 Å². The third kappa shape index (κ3) is 33.4. The van der Waals surface area contributed by atoms with Gasteiger partial charge in [0.05, 0.1) is 25.4 Å². The highest BCUT2D eigenvalue weighted by molar-refractivity contribution is 7.61. The molecule has 0 bridgehead atoms. The molecule has 1 aromatic rings. The van der Waals surface area contributed by atoms with E-state index in [2.05, 4.69) is 23.1 Å². The minimum absolute atomic E-state index is 0.0112. The van der Waals surface area contributed by atoms with Crippen LogP contribution in [0.4, 0.5) is 5.82 Å². The highest BCUT2D eigenvalue weighted by atomic mass is 31.3. The van der Waals surface area contributed by atoms with Gasteiger partial charge in [-0.3, -0.25) is 23.2 Å².